The summed E-state index contributed by atoms with van der Waals surface area (Å²) in [6.45, 7) is 4.88. The van der Waals surface area contributed by atoms with Crippen molar-refractivity contribution in [3.8, 4) is 5.88 Å². The first-order valence-corrected chi connectivity index (χ1v) is 4.80. The van der Waals surface area contributed by atoms with E-state index in [0.29, 0.717) is 30.1 Å². The van der Waals surface area contributed by atoms with Crippen molar-refractivity contribution >= 4 is 11.6 Å². The molecule has 5 heteroatoms. The van der Waals surface area contributed by atoms with Crippen LogP contribution < -0.4 is 4.74 Å². The summed E-state index contributed by atoms with van der Waals surface area (Å²) in [6, 6.07) is 0. The highest BCUT2D eigenvalue weighted by Crippen LogP contribution is 2.23. The molecular formula is C9H11ClN2O2. The van der Waals surface area contributed by atoms with E-state index in [4.69, 9.17) is 21.1 Å². The molecule has 1 aromatic heterocycles. The van der Waals surface area contributed by atoms with Gasteiger partial charge in [0.2, 0.25) is 5.88 Å². The van der Waals surface area contributed by atoms with E-state index in [2.05, 4.69) is 9.97 Å². The van der Waals surface area contributed by atoms with Crippen LogP contribution in [0, 0.1) is 13.8 Å². The van der Waals surface area contributed by atoms with Gasteiger partial charge in [0.05, 0.1) is 13.2 Å². The Morgan fingerprint density at radius 3 is 2.64 bits per heavy atom. The van der Waals surface area contributed by atoms with Crippen LogP contribution >= 0.6 is 11.6 Å². The maximum Gasteiger partial charge on any atom is 0.221 e. The summed E-state index contributed by atoms with van der Waals surface area (Å²) in [5, 5.41) is 0.452. The lowest BCUT2D eigenvalue weighted by atomic mass is 10.3. The van der Waals surface area contributed by atoms with Gasteiger partial charge >= 0.3 is 0 Å². The summed E-state index contributed by atoms with van der Waals surface area (Å²) in [6.07, 6.45) is 0.110. The minimum absolute atomic E-state index is 0.110. The van der Waals surface area contributed by atoms with Gasteiger partial charge in [0.15, 0.2) is 0 Å². The van der Waals surface area contributed by atoms with Crippen molar-refractivity contribution in [3.63, 3.8) is 0 Å². The van der Waals surface area contributed by atoms with E-state index in [1.165, 1.54) is 0 Å². The fraction of sp³-hybridized carbons (Fsp3) is 0.556. The largest absolute Gasteiger partial charge is 0.469 e. The third kappa shape index (κ3) is 1.81. The first-order valence-electron chi connectivity index (χ1n) is 4.42. The lowest BCUT2D eigenvalue weighted by molar-refractivity contribution is -0.0816. The lowest BCUT2D eigenvalue weighted by Gasteiger charge is -2.26. The van der Waals surface area contributed by atoms with E-state index in [9.17, 15) is 0 Å². The van der Waals surface area contributed by atoms with Crippen LogP contribution in [0.2, 0.25) is 5.15 Å². The molecule has 0 aliphatic carbocycles. The SMILES string of the molecule is Cc1nc(Cl)c(C)c(OC2COC2)n1. The van der Waals surface area contributed by atoms with Gasteiger partial charge in [-0.3, -0.25) is 0 Å². The molecule has 1 fully saturated rings. The number of rotatable bonds is 2. The summed E-state index contributed by atoms with van der Waals surface area (Å²) in [5.74, 6) is 1.19. The second kappa shape index (κ2) is 3.71. The lowest BCUT2D eigenvalue weighted by Crippen LogP contribution is -2.39. The maximum absolute atomic E-state index is 5.90. The van der Waals surface area contributed by atoms with Gasteiger partial charge < -0.3 is 9.47 Å². The normalized spacial score (nSPS) is 16.5. The highest BCUT2D eigenvalue weighted by Gasteiger charge is 2.22. The van der Waals surface area contributed by atoms with Crippen LogP contribution in [0.3, 0.4) is 0 Å². The van der Waals surface area contributed by atoms with Crippen LogP contribution in [0.15, 0.2) is 0 Å². The van der Waals surface area contributed by atoms with E-state index in [1.807, 2.05) is 6.92 Å². The zero-order valence-electron chi connectivity index (χ0n) is 8.08. The quantitative estimate of drug-likeness (QED) is 0.701. The molecule has 0 atom stereocenters. The third-order valence-electron chi connectivity index (χ3n) is 2.04. The fourth-order valence-corrected chi connectivity index (χ4v) is 1.33. The predicted molar refractivity (Wildman–Crippen MR) is 51.8 cm³/mol. The maximum atomic E-state index is 5.90. The van der Waals surface area contributed by atoms with Gasteiger partial charge in [0, 0.05) is 5.56 Å². The van der Waals surface area contributed by atoms with Crippen LogP contribution in [0.5, 0.6) is 5.88 Å². The van der Waals surface area contributed by atoms with Crippen molar-refractivity contribution in [2.75, 3.05) is 13.2 Å². The van der Waals surface area contributed by atoms with Crippen LogP contribution in [0.25, 0.3) is 0 Å². The van der Waals surface area contributed by atoms with Gasteiger partial charge in [0.25, 0.3) is 0 Å². The molecule has 0 radical (unpaired) electrons. The van der Waals surface area contributed by atoms with Crippen molar-refractivity contribution in [3.05, 3.63) is 16.5 Å². The minimum Gasteiger partial charge on any atom is -0.469 e. The number of aryl methyl sites for hydroxylation is 1. The molecule has 0 N–H and O–H groups in total. The van der Waals surface area contributed by atoms with E-state index in [1.54, 1.807) is 6.92 Å². The molecule has 0 unspecified atom stereocenters. The van der Waals surface area contributed by atoms with Crippen molar-refractivity contribution in [2.24, 2.45) is 0 Å². The summed E-state index contributed by atoms with van der Waals surface area (Å²) in [5.41, 5.74) is 0.782. The number of nitrogens with zero attached hydrogens (tertiary/aromatic N) is 2. The topological polar surface area (TPSA) is 44.2 Å². The molecule has 76 valence electrons. The van der Waals surface area contributed by atoms with Gasteiger partial charge in [0.1, 0.15) is 17.1 Å². The number of hydrogen-bond acceptors (Lipinski definition) is 4. The zero-order chi connectivity index (χ0) is 10.1. The second-order valence-corrected chi connectivity index (χ2v) is 3.63. The summed E-state index contributed by atoms with van der Waals surface area (Å²) < 4.78 is 10.6. The van der Waals surface area contributed by atoms with Gasteiger partial charge in [-0.25, -0.2) is 4.98 Å². The van der Waals surface area contributed by atoms with Crippen molar-refractivity contribution in [2.45, 2.75) is 20.0 Å². The van der Waals surface area contributed by atoms with Crippen molar-refractivity contribution < 1.29 is 9.47 Å². The Kier molecular flexibility index (Phi) is 2.56. The zero-order valence-corrected chi connectivity index (χ0v) is 8.84. The van der Waals surface area contributed by atoms with Gasteiger partial charge in [-0.2, -0.15) is 4.98 Å². The van der Waals surface area contributed by atoms with E-state index < -0.39 is 0 Å². The molecule has 1 aliphatic heterocycles. The van der Waals surface area contributed by atoms with Gasteiger partial charge in [-0.05, 0) is 13.8 Å². The van der Waals surface area contributed by atoms with Crippen LogP contribution in [-0.2, 0) is 4.74 Å². The first kappa shape index (κ1) is 9.68. The smallest absolute Gasteiger partial charge is 0.221 e. The highest BCUT2D eigenvalue weighted by molar-refractivity contribution is 6.30. The van der Waals surface area contributed by atoms with Gasteiger partial charge in [-0.15, -0.1) is 0 Å². The molecule has 1 aromatic rings. The molecule has 1 saturated heterocycles. The van der Waals surface area contributed by atoms with Crippen LogP contribution in [0.4, 0.5) is 0 Å². The molecule has 0 aromatic carbocycles. The number of halogens is 1. The second-order valence-electron chi connectivity index (χ2n) is 3.27. The minimum atomic E-state index is 0.110. The van der Waals surface area contributed by atoms with Crippen LogP contribution in [-0.4, -0.2) is 29.3 Å². The Hall–Kier alpha value is -0.870. The summed E-state index contributed by atoms with van der Waals surface area (Å²) >= 11 is 5.90. The van der Waals surface area contributed by atoms with Crippen molar-refractivity contribution in [1.82, 2.24) is 9.97 Å². The molecule has 14 heavy (non-hydrogen) atoms. The summed E-state index contributed by atoms with van der Waals surface area (Å²) in [7, 11) is 0. The predicted octanol–water partition coefficient (Wildman–Crippen LogP) is 1.52. The molecular weight excluding hydrogens is 204 g/mol. The fourth-order valence-electron chi connectivity index (χ4n) is 1.12. The molecule has 0 spiro atoms. The third-order valence-corrected chi connectivity index (χ3v) is 2.41. The Morgan fingerprint density at radius 1 is 1.36 bits per heavy atom. The average Bonchev–Trinajstić information content (AvgIpc) is 2.05. The molecule has 1 aliphatic rings. The standard InChI is InChI=1S/C9H11ClN2O2/c1-5-8(10)11-6(2)12-9(5)14-7-3-13-4-7/h7H,3-4H2,1-2H3. The summed E-state index contributed by atoms with van der Waals surface area (Å²) in [4.78, 5) is 8.21. The first-order chi connectivity index (χ1) is 6.66. The van der Waals surface area contributed by atoms with E-state index in [0.717, 1.165) is 5.56 Å². The molecule has 4 nitrogen and oxygen atoms in total. The molecule has 0 amide bonds. The molecule has 0 bridgehead atoms. The van der Waals surface area contributed by atoms with Gasteiger partial charge in [-0.1, -0.05) is 11.6 Å². The average molecular weight is 215 g/mol. The molecule has 0 saturated carbocycles. The molecule has 2 heterocycles. The Bertz CT molecular complexity index is 353. The Balaban J connectivity index is 2.22. The number of ether oxygens (including phenoxy) is 2. The van der Waals surface area contributed by atoms with Crippen LogP contribution in [0.1, 0.15) is 11.4 Å². The number of hydrogen-bond donors (Lipinski definition) is 0. The monoisotopic (exact) mass is 214 g/mol. The highest BCUT2D eigenvalue weighted by atomic mass is 35.5. The van der Waals surface area contributed by atoms with E-state index in [-0.39, 0.29) is 6.10 Å². The number of aromatic nitrogens is 2. The van der Waals surface area contributed by atoms with Crippen molar-refractivity contribution in [1.29, 1.82) is 0 Å². The Labute approximate surface area is 87.2 Å². The molecule has 2 rings (SSSR count). The Morgan fingerprint density at radius 2 is 2.07 bits per heavy atom. The van der Waals surface area contributed by atoms with E-state index >= 15 is 0 Å².